The largest absolute Gasteiger partial charge is 0.497 e. The van der Waals surface area contributed by atoms with E-state index in [1.165, 1.54) is 64.2 Å². The van der Waals surface area contributed by atoms with E-state index in [0.29, 0.717) is 0 Å². The molecule has 4 atom stereocenters. The zero-order chi connectivity index (χ0) is 23.7. The highest BCUT2D eigenvalue weighted by Crippen LogP contribution is 2.49. The maximum Gasteiger partial charge on any atom is 0.329 e. The summed E-state index contributed by atoms with van der Waals surface area (Å²) in [5, 5.41) is 2.66. The van der Waals surface area contributed by atoms with Crippen LogP contribution in [0.15, 0.2) is 48.3 Å². The lowest BCUT2D eigenvalue weighted by atomic mass is 9.85. The fourth-order valence-electron chi connectivity index (χ4n) is 4.39. The van der Waals surface area contributed by atoms with Crippen molar-refractivity contribution in [3.8, 4) is 0 Å². The third-order valence-electron chi connectivity index (χ3n) is 6.22. The molecule has 180 valence electrons. The number of rotatable bonds is 13. The second kappa shape index (κ2) is 12.0. The van der Waals surface area contributed by atoms with Gasteiger partial charge in [0.2, 0.25) is 11.5 Å². The molecular weight excluding hydrogens is 422 g/mol. The van der Waals surface area contributed by atoms with Gasteiger partial charge in [-0.2, -0.15) is 0 Å². The number of amides is 1. The molecule has 1 amide bonds. The summed E-state index contributed by atoms with van der Waals surface area (Å²) >= 11 is 0. The number of ketones is 1. The quantitative estimate of drug-likeness (QED) is 0.148. The van der Waals surface area contributed by atoms with Crippen LogP contribution >= 0.6 is 0 Å². The minimum atomic E-state index is -1.15. The minimum absolute atomic E-state index is 0.163. The van der Waals surface area contributed by atoms with Crippen LogP contribution in [0, 0.1) is 0 Å². The summed E-state index contributed by atoms with van der Waals surface area (Å²) in [4.78, 5) is 36.5. The predicted molar refractivity (Wildman–Crippen MR) is 124 cm³/mol. The van der Waals surface area contributed by atoms with Crippen molar-refractivity contribution in [3.05, 3.63) is 48.3 Å². The number of hydrogen-bond donors (Lipinski definition) is 1. The predicted octanol–water partition coefficient (Wildman–Crippen LogP) is 3.85. The van der Waals surface area contributed by atoms with Gasteiger partial charge in [-0.05, 0) is 12.8 Å². The van der Waals surface area contributed by atoms with Crippen LogP contribution in [-0.2, 0) is 28.6 Å². The first-order valence-electron chi connectivity index (χ1n) is 12.0. The first-order chi connectivity index (χ1) is 16.0. The van der Waals surface area contributed by atoms with Gasteiger partial charge in [0.05, 0.1) is 7.11 Å². The molecule has 0 bridgehead atoms. The van der Waals surface area contributed by atoms with Crippen molar-refractivity contribution in [2.45, 2.75) is 88.6 Å². The van der Waals surface area contributed by atoms with Crippen LogP contribution in [0.1, 0.15) is 64.7 Å². The van der Waals surface area contributed by atoms with E-state index in [0.717, 1.165) is 6.42 Å². The molecule has 0 unspecified atom stereocenters. The van der Waals surface area contributed by atoms with Gasteiger partial charge < -0.3 is 19.5 Å². The summed E-state index contributed by atoms with van der Waals surface area (Å²) in [5.74, 6) is -0.892. The maximum absolute atomic E-state index is 12.4. The van der Waals surface area contributed by atoms with Crippen molar-refractivity contribution >= 4 is 17.7 Å². The standard InChI is InChI=1S/C26H35NO6/c1-3-4-5-6-7-8-9-10-11-12-13-14-15-16-22(29)27-19-18-26(33-25(19)30)21(31-2)17-20(28)23-24(26)32-23/h11-17,19,23-24H,3-10,18H2,1-2H3,(H,27,29)/b12-11+,14-13+,16-15+/t19-,23-,24-,26+/m0/s1. The molecule has 1 aliphatic carbocycles. The van der Waals surface area contributed by atoms with Gasteiger partial charge in [-0.3, -0.25) is 9.59 Å². The lowest BCUT2D eigenvalue weighted by Gasteiger charge is -2.29. The van der Waals surface area contributed by atoms with E-state index in [9.17, 15) is 14.4 Å². The van der Waals surface area contributed by atoms with Crippen LogP contribution in [0.25, 0.3) is 0 Å². The van der Waals surface area contributed by atoms with Crippen molar-refractivity contribution in [1.82, 2.24) is 5.32 Å². The molecule has 0 radical (unpaired) electrons. The van der Waals surface area contributed by atoms with Crippen molar-refractivity contribution in [2.24, 2.45) is 0 Å². The van der Waals surface area contributed by atoms with Gasteiger partial charge in [-0.1, -0.05) is 75.8 Å². The number of carbonyl (C=O) groups excluding carboxylic acids is 3. The number of esters is 1. The molecule has 1 N–H and O–H groups in total. The third-order valence-corrected chi connectivity index (χ3v) is 6.22. The Morgan fingerprint density at radius 1 is 1.12 bits per heavy atom. The van der Waals surface area contributed by atoms with E-state index in [2.05, 4.69) is 18.3 Å². The Balaban J connectivity index is 1.36. The summed E-state index contributed by atoms with van der Waals surface area (Å²) in [6.07, 6.45) is 21.2. The molecule has 2 heterocycles. The molecule has 7 heteroatoms. The van der Waals surface area contributed by atoms with E-state index in [4.69, 9.17) is 14.2 Å². The highest BCUT2D eigenvalue weighted by atomic mass is 16.7. The highest BCUT2D eigenvalue weighted by Gasteiger charge is 2.69. The molecule has 2 saturated heterocycles. The number of ether oxygens (including phenoxy) is 3. The molecule has 7 nitrogen and oxygen atoms in total. The monoisotopic (exact) mass is 457 g/mol. The Morgan fingerprint density at radius 3 is 2.61 bits per heavy atom. The van der Waals surface area contributed by atoms with E-state index in [1.807, 2.05) is 12.2 Å². The van der Waals surface area contributed by atoms with Crippen LogP contribution in [0.3, 0.4) is 0 Å². The summed E-state index contributed by atoms with van der Waals surface area (Å²) in [5.41, 5.74) is -1.15. The summed E-state index contributed by atoms with van der Waals surface area (Å²) < 4.78 is 16.3. The lowest BCUT2D eigenvalue weighted by Crippen LogP contribution is -2.44. The van der Waals surface area contributed by atoms with E-state index in [-0.39, 0.29) is 18.0 Å². The second-order valence-corrected chi connectivity index (χ2v) is 8.75. The highest BCUT2D eigenvalue weighted by molar-refractivity contribution is 5.99. The molecule has 2 aliphatic heterocycles. The molecule has 0 aromatic rings. The number of unbranched alkanes of at least 4 members (excludes halogenated alkanes) is 7. The Hall–Kier alpha value is -2.67. The first kappa shape index (κ1) is 25.0. The number of allylic oxidation sites excluding steroid dienone is 5. The molecule has 3 rings (SSSR count). The van der Waals surface area contributed by atoms with Crippen LogP contribution in [0.2, 0.25) is 0 Å². The lowest BCUT2D eigenvalue weighted by molar-refractivity contribution is -0.151. The van der Waals surface area contributed by atoms with Gasteiger partial charge >= 0.3 is 5.97 Å². The average molecular weight is 458 g/mol. The SMILES string of the molecule is CCCCCCCCC/C=C/C=C/C=C/C(=O)N[C@H]1C[C@@]2(OC1=O)C(OC)=CC(=O)[C@@H]1O[C@@H]12. The first-order valence-corrected chi connectivity index (χ1v) is 12.0. The van der Waals surface area contributed by atoms with Crippen molar-refractivity contribution in [1.29, 1.82) is 0 Å². The van der Waals surface area contributed by atoms with Gasteiger partial charge in [-0.15, -0.1) is 0 Å². The van der Waals surface area contributed by atoms with E-state index < -0.39 is 35.7 Å². The van der Waals surface area contributed by atoms with Crippen LogP contribution in [-0.4, -0.2) is 48.6 Å². The number of nitrogens with one attached hydrogen (secondary N) is 1. The van der Waals surface area contributed by atoms with Gasteiger partial charge in [0.25, 0.3) is 0 Å². The van der Waals surface area contributed by atoms with E-state index in [1.54, 1.807) is 12.2 Å². The van der Waals surface area contributed by atoms with Crippen LogP contribution < -0.4 is 5.32 Å². The Morgan fingerprint density at radius 2 is 1.85 bits per heavy atom. The van der Waals surface area contributed by atoms with Gasteiger partial charge in [0.15, 0.2) is 11.9 Å². The smallest absolute Gasteiger partial charge is 0.329 e. The topological polar surface area (TPSA) is 94.2 Å². The number of fused-ring (bicyclic) bond motifs is 2. The van der Waals surface area contributed by atoms with Gasteiger partial charge in [0.1, 0.15) is 17.9 Å². The average Bonchev–Trinajstić information content (AvgIpc) is 3.55. The number of hydrogen-bond acceptors (Lipinski definition) is 6. The van der Waals surface area contributed by atoms with Crippen molar-refractivity contribution in [2.75, 3.05) is 7.11 Å². The normalized spacial score (nSPS) is 28.5. The van der Waals surface area contributed by atoms with Crippen LogP contribution in [0.4, 0.5) is 0 Å². The van der Waals surface area contributed by atoms with Crippen molar-refractivity contribution in [3.63, 3.8) is 0 Å². The van der Waals surface area contributed by atoms with E-state index >= 15 is 0 Å². The number of carbonyl (C=O) groups is 3. The van der Waals surface area contributed by atoms with Gasteiger partial charge in [-0.25, -0.2) is 4.79 Å². The summed E-state index contributed by atoms with van der Waals surface area (Å²) in [6.45, 7) is 2.23. The fraction of sp³-hybridized carbons (Fsp3) is 0.577. The molecule has 1 spiro atoms. The zero-order valence-electron chi connectivity index (χ0n) is 19.6. The molecule has 0 aromatic heterocycles. The Labute approximate surface area is 195 Å². The second-order valence-electron chi connectivity index (χ2n) is 8.75. The van der Waals surface area contributed by atoms with Gasteiger partial charge in [0, 0.05) is 18.6 Å². The molecule has 2 fully saturated rings. The number of epoxide rings is 1. The molecule has 0 aromatic carbocycles. The molecule has 0 saturated carbocycles. The molecular formula is C26H35NO6. The Bertz CT molecular complexity index is 842. The fourth-order valence-corrected chi connectivity index (χ4v) is 4.39. The zero-order valence-corrected chi connectivity index (χ0v) is 19.6. The molecule has 3 aliphatic rings. The maximum atomic E-state index is 12.4. The number of methoxy groups -OCH3 is 1. The van der Waals surface area contributed by atoms with Crippen LogP contribution in [0.5, 0.6) is 0 Å². The third kappa shape index (κ3) is 6.44. The summed E-state index contributed by atoms with van der Waals surface area (Å²) in [6, 6.07) is -0.829. The Kier molecular flexibility index (Phi) is 9.06. The summed E-state index contributed by atoms with van der Waals surface area (Å²) in [7, 11) is 1.42. The molecule has 33 heavy (non-hydrogen) atoms. The van der Waals surface area contributed by atoms with Crippen molar-refractivity contribution < 1.29 is 28.6 Å². The minimum Gasteiger partial charge on any atom is -0.497 e.